The van der Waals surface area contributed by atoms with E-state index in [4.69, 9.17) is 11.6 Å². The van der Waals surface area contributed by atoms with Gasteiger partial charge in [-0.3, -0.25) is 0 Å². The third-order valence-corrected chi connectivity index (χ3v) is 11.2. The molecule has 238 valence electrons. The maximum atomic E-state index is 7.21. The van der Waals surface area contributed by atoms with Crippen LogP contribution in [-0.2, 0) is 17.3 Å². The van der Waals surface area contributed by atoms with Crippen LogP contribution in [0.15, 0.2) is 113 Å². The van der Waals surface area contributed by atoms with Crippen molar-refractivity contribution in [3.8, 4) is 0 Å². The summed E-state index contributed by atoms with van der Waals surface area (Å²) in [7, 11) is 0. The number of rotatable bonds is 8. The number of allylic oxidation sites excluding steroid dienone is 10. The number of fused-ring (bicyclic) bond motifs is 4. The van der Waals surface area contributed by atoms with E-state index in [1.165, 1.54) is 74.0 Å². The average Bonchev–Trinajstić information content (AvgIpc) is 3.27. The first-order valence-electron chi connectivity index (χ1n) is 17.3. The highest BCUT2D eigenvalue weighted by atomic mass is 35.5. The molecule has 1 heterocycles. The van der Waals surface area contributed by atoms with Crippen molar-refractivity contribution in [2.75, 3.05) is 11.4 Å². The van der Waals surface area contributed by atoms with Gasteiger partial charge in [0.2, 0.25) is 0 Å². The number of anilines is 1. The van der Waals surface area contributed by atoms with Crippen LogP contribution in [0.3, 0.4) is 0 Å². The molecule has 46 heavy (non-hydrogen) atoms. The van der Waals surface area contributed by atoms with Gasteiger partial charge in [-0.1, -0.05) is 132 Å². The zero-order valence-electron chi connectivity index (χ0n) is 28.8. The van der Waals surface area contributed by atoms with E-state index >= 15 is 0 Å². The molecule has 0 aromatic heterocycles. The highest BCUT2D eigenvalue weighted by Gasteiger charge is 2.42. The molecule has 0 N–H and O–H groups in total. The van der Waals surface area contributed by atoms with E-state index in [-0.39, 0.29) is 10.8 Å². The highest BCUT2D eigenvalue weighted by molar-refractivity contribution is 6.32. The third-order valence-electron chi connectivity index (χ3n) is 10.7. The minimum Gasteiger partial charge on any atom is -0.344 e. The number of benzene rings is 3. The van der Waals surface area contributed by atoms with Crippen LogP contribution in [0.4, 0.5) is 5.69 Å². The molecule has 2 aliphatic carbocycles. The standard InChI is InChI=1S/C44H50ClN/c1-8-9-29-46-38-27-25-33-16-11-13-20-37(33)41(38)44(6,7)39(46)28-26-35-18-14-17-34(42(35)45)24-22-31(3)43(4,5)40-30(2)21-23-32-15-10-12-19-36(32)40/h10,12-13,15,19-28H,3,8-9,11,14,16-18,29H2,1-2,4-7H3/b24-22+,35-26+,39-28+. The fourth-order valence-electron chi connectivity index (χ4n) is 8.00. The molecule has 2 heteroatoms. The minimum atomic E-state index is -0.217. The van der Waals surface area contributed by atoms with Gasteiger partial charge in [-0.25, -0.2) is 0 Å². The van der Waals surface area contributed by atoms with Crippen molar-refractivity contribution >= 4 is 34.1 Å². The maximum absolute atomic E-state index is 7.21. The van der Waals surface area contributed by atoms with Crippen molar-refractivity contribution in [3.63, 3.8) is 0 Å². The van der Waals surface area contributed by atoms with E-state index in [2.05, 4.69) is 138 Å². The summed E-state index contributed by atoms with van der Waals surface area (Å²) in [5.41, 5.74) is 13.1. The highest BCUT2D eigenvalue weighted by Crippen LogP contribution is 2.51. The molecular weight excluding hydrogens is 578 g/mol. The van der Waals surface area contributed by atoms with Gasteiger partial charge in [0, 0.05) is 33.8 Å². The summed E-state index contributed by atoms with van der Waals surface area (Å²) in [4.78, 5) is 2.58. The van der Waals surface area contributed by atoms with Crippen molar-refractivity contribution in [1.29, 1.82) is 0 Å². The Morgan fingerprint density at radius 2 is 1.83 bits per heavy atom. The Morgan fingerprint density at radius 3 is 2.63 bits per heavy atom. The van der Waals surface area contributed by atoms with Crippen molar-refractivity contribution in [2.45, 2.75) is 97.3 Å². The van der Waals surface area contributed by atoms with Gasteiger partial charge in [-0.05, 0) is 113 Å². The normalized spacial score (nSPS) is 19.5. The number of aryl methyl sites for hydroxylation is 2. The molecule has 3 aromatic rings. The largest absolute Gasteiger partial charge is 0.344 e. The second-order valence-electron chi connectivity index (χ2n) is 14.5. The predicted octanol–water partition coefficient (Wildman–Crippen LogP) is 12.6. The summed E-state index contributed by atoms with van der Waals surface area (Å²) >= 11 is 7.21. The van der Waals surface area contributed by atoms with Crippen LogP contribution in [0.5, 0.6) is 0 Å². The Labute approximate surface area is 282 Å². The average molecular weight is 628 g/mol. The molecule has 3 aromatic carbocycles. The topological polar surface area (TPSA) is 3.24 Å². The first-order valence-corrected chi connectivity index (χ1v) is 17.7. The predicted molar refractivity (Wildman–Crippen MR) is 202 cm³/mol. The van der Waals surface area contributed by atoms with Gasteiger partial charge < -0.3 is 4.90 Å². The quantitative estimate of drug-likeness (QED) is 0.225. The number of hydrogen-bond donors (Lipinski definition) is 0. The van der Waals surface area contributed by atoms with Crippen LogP contribution in [0.25, 0.3) is 16.8 Å². The van der Waals surface area contributed by atoms with Crippen LogP contribution in [0.1, 0.15) is 101 Å². The Hall–Kier alpha value is -3.55. The lowest BCUT2D eigenvalue weighted by Crippen LogP contribution is -2.27. The Morgan fingerprint density at radius 1 is 1.02 bits per heavy atom. The summed E-state index contributed by atoms with van der Waals surface area (Å²) in [6.45, 7) is 19.5. The molecule has 6 rings (SSSR count). The number of unbranched alkanes of at least 4 members (excludes halogenated alkanes) is 1. The van der Waals surface area contributed by atoms with Crippen molar-refractivity contribution in [3.05, 3.63) is 141 Å². The van der Waals surface area contributed by atoms with Crippen LogP contribution in [0.2, 0.25) is 0 Å². The molecule has 0 atom stereocenters. The van der Waals surface area contributed by atoms with Crippen LogP contribution < -0.4 is 4.90 Å². The van der Waals surface area contributed by atoms with E-state index in [1.54, 1.807) is 0 Å². The Bertz CT molecular complexity index is 1840. The summed E-state index contributed by atoms with van der Waals surface area (Å²) in [5, 5.41) is 3.48. The third kappa shape index (κ3) is 5.77. The maximum Gasteiger partial charge on any atom is 0.0469 e. The smallest absolute Gasteiger partial charge is 0.0469 e. The first-order chi connectivity index (χ1) is 22.1. The Kier molecular flexibility index (Phi) is 9.10. The number of nitrogens with zero attached hydrogens (tertiary/aromatic N) is 1. The number of hydrogen-bond acceptors (Lipinski definition) is 1. The zero-order valence-corrected chi connectivity index (χ0v) is 29.5. The molecule has 0 amide bonds. The van der Waals surface area contributed by atoms with Crippen molar-refractivity contribution in [2.24, 2.45) is 0 Å². The molecule has 0 saturated heterocycles. The van der Waals surface area contributed by atoms with E-state index in [9.17, 15) is 0 Å². The summed E-state index contributed by atoms with van der Waals surface area (Å²) in [6.07, 6.45) is 21.6. The summed E-state index contributed by atoms with van der Waals surface area (Å²) < 4.78 is 0. The second-order valence-corrected chi connectivity index (χ2v) is 14.9. The Balaban J connectivity index is 1.32. The van der Waals surface area contributed by atoms with Crippen molar-refractivity contribution < 1.29 is 0 Å². The molecular formula is C44H50ClN. The van der Waals surface area contributed by atoms with E-state index in [0.29, 0.717) is 0 Å². The van der Waals surface area contributed by atoms with Gasteiger partial charge in [0.1, 0.15) is 0 Å². The van der Waals surface area contributed by atoms with Crippen LogP contribution in [-0.4, -0.2) is 6.54 Å². The van der Waals surface area contributed by atoms with Gasteiger partial charge >= 0.3 is 0 Å². The molecule has 0 fully saturated rings. The van der Waals surface area contributed by atoms with E-state index in [0.717, 1.165) is 49.3 Å². The molecule has 0 spiro atoms. The lowest BCUT2D eigenvalue weighted by Gasteiger charge is -2.30. The molecule has 0 radical (unpaired) electrons. The second kappa shape index (κ2) is 12.9. The van der Waals surface area contributed by atoms with Gasteiger partial charge in [-0.2, -0.15) is 0 Å². The minimum absolute atomic E-state index is 0.0795. The number of halogens is 1. The molecule has 3 aliphatic rings. The fourth-order valence-corrected chi connectivity index (χ4v) is 8.31. The van der Waals surface area contributed by atoms with E-state index < -0.39 is 0 Å². The molecule has 0 saturated carbocycles. The summed E-state index contributed by atoms with van der Waals surface area (Å²) in [6, 6.07) is 17.9. The fraction of sp³-hybridized carbons (Fsp3) is 0.364. The van der Waals surface area contributed by atoms with Gasteiger partial charge in [0.05, 0.1) is 0 Å². The molecule has 1 aliphatic heterocycles. The van der Waals surface area contributed by atoms with Crippen molar-refractivity contribution in [1.82, 2.24) is 0 Å². The lowest BCUT2D eigenvalue weighted by atomic mass is 9.74. The summed E-state index contributed by atoms with van der Waals surface area (Å²) in [5.74, 6) is 0. The first kappa shape index (κ1) is 32.4. The monoisotopic (exact) mass is 627 g/mol. The van der Waals surface area contributed by atoms with Gasteiger partial charge in [-0.15, -0.1) is 0 Å². The molecule has 1 nitrogen and oxygen atoms in total. The lowest BCUT2D eigenvalue weighted by molar-refractivity contribution is 0.622. The SMILES string of the molecule is C=C(/C=C/C1=C(Cl)C(=C/C=C2/N(CCCC)c3ccc4c(c3C2(C)C)C=CCC4)/CCC1)C(C)(C)c1c(C)ccc2ccccc12. The van der Waals surface area contributed by atoms with Crippen LogP contribution >= 0.6 is 11.6 Å². The molecule has 0 bridgehead atoms. The van der Waals surface area contributed by atoms with Crippen LogP contribution in [0, 0.1) is 6.92 Å². The van der Waals surface area contributed by atoms with Gasteiger partial charge in [0.15, 0.2) is 0 Å². The zero-order chi connectivity index (χ0) is 32.6. The molecule has 0 unspecified atom stereocenters. The van der Waals surface area contributed by atoms with Gasteiger partial charge in [0.25, 0.3) is 0 Å². The van der Waals surface area contributed by atoms with E-state index in [1.807, 2.05) is 0 Å².